The lowest BCUT2D eigenvalue weighted by atomic mass is 9.73. The number of anilines is 6. The molecular formula is C93H81N9O9. The Morgan fingerprint density at radius 1 is 0.261 bits per heavy atom. The quantitative estimate of drug-likeness (QED) is 0.0448. The normalized spacial score (nSPS) is 14.5. The van der Waals surface area contributed by atoms with Crippen LogP contribution in [0.15, 0.2) is 328 Å². The monoisotopic (exact) mass is 1470 g/mol. The van der Waals surface area contributed by atoms with E-state index in [-0.39, 0.29) is 54.7 Å². The van der Waals surface area contributed by atoms with Crippen LogP contribution >= 0.6 is 0 Å². The number of hydrogen-bond donors (Lipinski definition) is 6. The molecule has 12 aromatic carbocycles. The zero-order valence-corrected chi connectivity index (χ0v) is 61.4. The Morgan fingerprint density at radius 2 is 0.450 bits per heavy atom. The molecule has 0 aromatic heterocycles. The van der Waals surface area contributed by atoms with Crippen LogP contribution in [0.25, 0.3) is 0 Å². The number of imide groups is 3. The first-order valence-electron chi connectivity index (χ1n) is 36.5. The molecule has 0 atom stereocenters. The highest BCUT2D eigenvalue weighted by Gasteiger charge is 2.58. The Hall–Kier alpha value is -14.1. The summed E-state index contributed by atoms with van der Waals surface area (Å²) < 4.78 is 0. The lowest BCUT2D eigenvalue weighted by Gasteiger charge is -2.29. The Bertz CT molecular complexity index is 4720. The van der Waals surface area contributed by atoms with Crippen molar-refractivity contribution < 1.29 is 43.2 Å². The predicted octanol–water partition coefficient (Wildman–Crippen LogP) is 16.7. The van der Waals surface area contributed by atoms with Gasteiger partial charge in [0, 0.05) is 19.6 Å². The van der Waals surface area contributed by atoms with Crippen LogP contribution in [0.4, 0.5) is 48.5 Å². The van der Waals surface area contributed by atoms with Gasteiger partial charge in [-0.05, 0) is 106 Å². The summed E-state index contributed by atoms with van der Waals surface area (Å²) in [4.78, 5) is 126. The summed E-state index contributed by atoms with van der Waals surface area (Å²) in [5.41, 5.74) is 8.41. The Labute approximate surface area is 644 Å². The molecule has 0 spiro atoms. The van der Waals surface area contributed by atoms with Gasteiger partial charge in [0.05, 0.1) is 53.4 Å². The molecule has 552 valence electrons. The molecule has 6 N–H and O–H groups in total. The van der Waals surface area contributed by atoms with Crippen molar-refractivity contribution in [1.29, 1.82) is 0 Å². The first kappa shape index (κ1) is 75.1. The molecule has 0 saturated carbocycles. The van der Waals surface area contributed by atoms with Gasteiger partial charge in [-0.15, -0.1) is 0 Å². The molecule has 15 rings (SSSR count). The summed E-state index contributed by atoms with van der Waals surface area (Å²) in [5, 5.41) is 17.1. The SMILES string of the molecule is Cc1cccc(NC(=O)NCc2ccccc2)c1N1C(=O)CC(c2ccccc2)(c2ccccc2)C1=O.Cc1cccc(NC(=O)NCc2ccccc2)c1N1C(=O)CC(c2ccccc2)(c2ccccc2)C1=O.Cc1cccc(NC(=O)NCc2ccccc2)c1N1C(=O)CC(c2ccccc2)(c2ccccc2)C1=O. The summed E-state index contributed by atoms with van der Waals surface area (Å²) in [6.45, 7) is 6.53. The molecule has 12 amide bonds. The van der Waals surface area contributed by atoms with Crippen LogP contribution in [0, 0.1) is 20.8 Å². The van der Waals surface area contributed by atoms with Gasteiger partial charge in [-0.25, -0.2) is 29.1 Å². The number of amides is 12. The summed E-state index contributed by atoms with van der Waals surface area (Å²) in [6.07, 6.45) is -0.0183. The zero-order chi connectivity index (χ0) is 77.5. The number of nitrogens with zero attached hydrogens (tertiary/aromatic N) is 3. The van der Waals surface area contributed by atoms with Gasteiger partial charge in [0.2, 0.25) is 35.4 Å². The topological polar surface area (TPSA) is 236 Å². The van der Waals surface area contributed by atoms with E-state index in [2.05, 4.69) is 31.9 Å². The minimum Gasteiger partial charge on any atom is -0.334 e. The number of hydrogen-bond acceptors (Lipinski definition) is 9. The maximum atomic E-state index is 14.3. The van der Waals surface area contributed by atoms with E-state index in [1.165, 1.54) is 14.7 Å². The van der Waals surface area contributed by atoms with E-state index in [1.54, 1.807) is 36.4 Å². The highest BCUT2D eigenvalue weighted by molar-refractivity contribution is 6.30. The largest absolute Gasteiger partial charge is 0.334 e. The van der Waals surface area contributed by atoms with Crippen LogP contribution in [-0.4, -0.2) is 53.5 Å². The molecular weight excluding hydrogens is 1390 g/mol. The average molecular weight is 1470 g/mol. The van der Waals surface area contributed by atoms with Crippen LogP contribution < -0.4 is 46.6 Å². The number of benzene rings is 12. The Kier molecular flexibility index (Phi) is 22.8. The first-order chi connectivity index (χ1) is 54.0. The fourth-order valence-corrected chi connectivity index (χ4v) is 14.9. The van der Waals surface area contributed by atoms with E-state index < -0.39 is 34.3 Å². The lowest BCUT2D eigenvalue weighted by molar-refractivity contribution is -0.124. The molecule has 0 aliphatic carbocycles. The van der Waals surface area contributed by atoms with Crippen LogP contribution in [0.3, 0.4) is 0 Å². The summed E-state index contributed by atoms with van der Waals surface area (Å²) in [7, 11) is 0. The van der Waals surface area contributed by atoms with Crippen LogP contribution in [0.1, 0.15) is 86.0 Å². The van der Waals surface area contributed by atoms with Gasteiger partial charge in [0.15, 0.2) is 0 Å². The molecule has 3 fully saturated rings. The molecule has 3 aliphatic rings. The van der Waals surface area contributed by atoms with E-state index in [1.807, 2.05) is 312 Å². The van der Waals surface area contributed by atoms with Crippen molar-refractivity contribution in [3.8, 4) is 0 Å². The maximum Gasteiger partial charge on any atom is 0.319 e. The average Bonchev–Trinajstić information content (AvgIpc) is 1.59. The third kappa shape index (κ3) is 15.7. The van der Waals surface area contributed by atoms with Gasteiger partial charge in [0.1, 0.15) is 16.2 Å². The summed E-state index contributed by atoms with van der Waals surface area (Å²) in [6, 6.07) is 99.8. The molecule has 18 nitrogen and oxygen atoms in total. The van der Waals surface area contributed by atoms with Crippen LogP contribution in [0.5, 0.6) is 0 Å². The molecule has 3 heterocycles. The second-order valence-electron chi connectivity index (χ2n) is 27.3. The standard InChI is InChI=1S/3C31H27N3O3/c3*1-22-12-11-19-26(33-30(37)32-21-23-13-5-2-6-14-23)28(22)34-27(35)20-31(29(34)36,24-15-7-3-8-16-24)25-17-9-4-10-18-25/h3*2-19H,20-21H2,1H3,(H2,32,33,37). The Balaban J connectivity index is 0.000000146. The third-order valence-electron chi connectivity index (χ3n) is 20.3. The van der Waals surface area contributed by atoms with Crippen molar-refractivity contribution in [2.45, 2.75) is 75.9 Å². The van der Waals surface area contributed by atoms with E-state index in [0.29, 0.717) is 70.4 Å². The number of urea groups is 3. The van der Waals surface area contributed by atoms with Crippen molar-refractivity contribution in [2.75, 3.05) is 30.7 Å². The molecule has 18 heteroatoms. The van der Waals surface area contributed by atoms with E-state index in [9.17, 15) is 43.2 Å². The van der Waals surface area contributed by atoms with Crippen molar-refractivity contribution in [3.05, 3.63) is 394 Å². The van der Waals surface area contributed by atoms with Crippen molar-refractivity contribution in [3.63, 3.8) is 0 Å². The highest BCUT2D eigenvalue weighted by atomic mass is 16.2. The fourth-order valence-electron chi connectivity index (χ4n) is 14.9. The van der Waals surface area contributed by atoms with Gasteiger partial charge in [-0.3, -0.25) is 28.8 Å². The van der Waals surface area contributed by atoms with Gasteiger partial charge in [0.25, 0.3) is 0 Å². The van der Waals surface area contributed by atoms with Gasteiger partial charge in [-0.2, -0.15) is 0 Å². The number of carbonyl (C=O) groups excluding carboxylic acids is 9. The smallest absolute Gasteiger partial charge is 0.319 e. The number of nitrogens with one attached hydrogen (secondary N) is 6. The number of rotatable bonds is 18. The van der Waals surface area contributed by atoms with Gasteiger partial charge in [-0.1, -0.05) is 309 Å². The minimum atomic E-state index is -1.16. The summed E-state index contributed by atoms with van der Waals surface area (Å²) >= 11 is 0. The van der Waals surface area contributed by atoms with Crippen molar-refractivity contribution >= 4 is 87.7 Å². The second kappa shape index (κ2) is 33.8. The predicted molar refractivity (Wildman–Crippen MR) is 433 cm³/mol. The fraction of sp³-hybridized carbons (Fsp3) is 0.129. The molecule has 3 saturated heterocycles. The van der Waals surface area contributed by atoms with Crippen molar-refractivity contribution in [1.82, 2.24) is 16.0 Å². The lowest BCUT2D eigenvalue weighted by Crippen LogP contribution is -2.40. The summed E-state index contributed by atoms with van der Waals surface area (Å²) in [5.74, 6) is -1.97. The van der Waals surface area contributed by atoms with Gasteiger partial charge >= 0.3 is 18.1 Å². The number of para-hydroxylation sites is 3. The Morgan fingerprint density at radius 3 is 0.649 bits per heavy atom. The first-order valence-corrected chi connectivity index (χ1v) is 36.5. The molecule has 12 aromatic rings. The minimum absolute atomic E-state index is 0.00611. The maximum absolute atomic E-state index is 14.3. The molecule has 0 unspecified atom stereocenters. The number of aryl methyl sites for hydroxylation is 3. The number of carbonyl (C=O) groups is 9. The van der Waals surface area contributed by atoms with E-state index >= 15 is 0 Å². The zero-order valence-electron chi connectivity index (χ0n) is 61.4. The molecule has 0 bridgehead atoms. The molecule has 0 radical (unpaired) electrons. The van der Waals surface area contributed by atoms with Crippen LogP contribution in [-0.2, 0) is 64.6 Å². The van der Waals surface area contributed by atoms with Crippen LogP contribution in [0.2, 0.25) is 0 Å². The molecule has 3 aliphatic heterocycles. The molecule has 111 heavy (non-hydrogen) atoms. The second-order valence-corrected chi connectivity index (χ2v) is 27.3. The van der Waals surface area contributed by atoms with E-state index in [4.69, 9.17) is 0 Å². The van der Waals surface area contributed by atoms with E-state index in [0.717, 1.165) is 50.1 Å². The van der Waals surface area contributed by atoms with Crippen molar-refractivity contribution in [2.24, 2.45) is 0 Å². The third-order valence-corrected chi connectivity index (χ3v) is 20.3. The van der Waals surface area contributed by atoms with Gasteiger partial charge < -0.3 is 31.9 Å². The highest BCUT2D eigenvalue weighted by Crippen LogP contribution is 2.50.